The van der Waals surface area contributed by atoms with Crippen molar-refractivity contribution in [3.63, 3.8) is 0 Å². The highest BCUT2D eigenvalue weighted by Gasteiger charge is 2.34. The molecule has 0 saturated heterocycles. The van der Waals surface area contributed by atoms with Gasteiger partial charge in [0.2, 0.25) is 0 Å². The van der Waals surface area contributed by atoms with E-state index in [4.69, 9.17) is 10.5 Å². The number of nitrogens with one attached hydrogen (secondary N) is 2. The molecule has 1 aliphatic carbocycles. The van der Waals surface area contributed by atoms with Gasteiger partial charge in [-0.25, -0.2) is 9.78 Å². The Bertz CT molecular complexity index is 1800. The van der Waals surface area contributed by atoms with Crippen LogP contribution in [0.4, 0.5) is 5.69 Å². The SMILES string of the molecule is Cc1cc(CN)cc(C)c1NC(=O)c1cc2c(cc1-c1ccc(C(=O)NC3(C)CCC3)nc1C(=O)O)OCCc1ccsc1-2. The number of benzene rings is 2. The number of hydrogen-bond acceptors (Lipinski definition) is 7. The third-order valence-corrected chi connectivity index (χ3v) is 9.53. The molecule has 10 heteroatoms. The molecule has 0 spiro atoms. The first-order valence-corrected chi connectivity index (χ1v) is 15.5. The third kappa shape index (κ3) is 5.46. The Morgan fingerprint density at radius 1 is 1.02 bits per heavy atom. The molecule has 44 heavy (non-hydrogen) atoms. The van der Waals surface area contributed by atoms with Crippen LogP contribution in [0.1, 0.15) is 79.8 Å². The van der Waals surface area contributed by atoms with E-state index in [0.29, 0.717) is 36.6 Å². The van der Waals surface area contributed by atoms with Crippen molar-refractivity contribution in [2.75, 3.05) is 11.9 Å². The average molecular weight is 611 g/mol. The maximum absolute atomic E-state index is 14.1. The second-order valence-corrected chi connectivity index (χ2v) is 12.7. The van der Waals surface area contributed by atoms with E-state index in [2.05, 4.69) is 21.7 Å². The maximum Gasteiger partial charge on any atom is 0.355 e. The first-order chi connectivity index (χ1) is 21.1. The summed E-state index contributed by atoms with van der Waals surface area (Å²) < 4.78 is 6.14. The quantitative estimate of drug-likeness (QED) is 0.198. The summed E-state index contributed by atoms with van der Waals surface area (Å²) in [6.45, 7) is 6.60. The summed E-state index contributed by atoms with van der Waals surface area (Å²) in [6, 6.07) is 12.5. The summed E-state index contributed by atoms with van der Waals surface area (Å²) in [7, 11) is 0. The van der Waals surface area contributed by atoms with E-state index in [0.717, 1.165) is 52.0 Å². The number of amides is 2. The molecule has 2 aromatic heterocycles. The van der Waals surface area contributed by atoms with Gasteiger partial charge >= 0.3 is 5.97 Å². The first-order valence-electron chi connectivity index (χ1n) is 14.6. The number of carboxylic acid groups (broad SMARTS) is 1. The number of hydrogen-bond donors (Lipinski definition) is 4. The number of carbonyl (C=O) groups is 3. The number of thiophene rings is 1. The number of ether oxygens (including phenoxy) is 1. The van der Waals surface area contributed by atoms with E-state index >= 15 is 0 Å². The van der Waals surface area contributed by atoms with E-state index in [1.54, 1.807) is 29.5 Å². The van der Waals surface area contributed by atoms with Crippen LogP contribution >= 0.6 is 11.3 Å². The molecule has 5 N–H and O–H groups in total. The second-order valence-electron chi connectivity index (χ2n) is 11.8. The Hall–Kier alpha value is -4.54. The molecule has 3 heterocycles. The van der Waals surface area contributed by atoms with E-state index in [1.807, 2.05) is 38.3 Å². The van der Waals surface area contributed by atoms with Crippen molar-refractivity contribution in [2.45, 2.75) is 58.5 Å². The fourth-order valence-electron chi connectivity index (χ4n) is 6.01. The highest BCUT2D eigenvalue weighted by Crippen LogP contribution is 2.43. The highest BCUT2D eigenvalue weighted by molar-refractivity contribution is 7.13. The Morgan fingerprint density at radius 3 is 2.43 bits per heavy atom. The summed E-state index contributed by atoms with van der Waals surface area (Å²) in [5.74, 6) is -1.60. The number of aromatic nitrogens is 1. The monoisotopic (exact) mass is 610 g/mol. The summed E-state index contributed by atoms with van der Waals surface area (Å²) in [4.78, 5) is 45.0. The fourth-order valence-corrected chi connectivity index (χ4v) is 6.99. The summed E-state index contributed by atoms with van der Waals surface area (Å²) in [6.07, 6.45) is 3.45. The number of carbonyl (C=O) groups excluding carboxylic acids is 2. The molecular formula is C34H34N4O5S. The molecule has 0 unspecified atom stereocenters. The lowest BCUT2D eigenvalue weighted by Crippen LogP contribution is -2.51. The van der Waals surface area contributed by atoms with Crippen LogP contribution in [0.25, 0.3) is 21.6 Å². The lowest BCUT2D eigenvalue weighted by atomic mass is 9.78. The van der Waals surface area contributed by atoms with Gasteiger partial charge in [0.05, 0.1) is 6.61 Å². The van der Waals surface area contributed by atoms with Gasteiger partial charge in [-0.3, -0.25) is 9.59 Å². The molecule has 0 atom stereocenters. The molecule has 1 aliphatic heterocycles. The number of anilines is 1. The van der Waals surface area contributed by atoms with Crippen molar-refractivity contribution in [3.8, 4) is 27.3 Å². The van der Waals surface area contributed by atoms with Gasteiger partial charge in [-0.1, -0.05) is 12.1 Å². The number of aromatic carboxylic acids is 1. The lowest BCUT2D eigenvalue weighted by Gasteiger charge is -2.39. The molecule has 2 amide bonds. The number of aryl methyl sites for hydroxylation is 2. The lowest BCUT2D eigenvalue weighted by molar-refractivity contribution is 0.0691. The number of carboxylic acids is 1. The molecule has 0 bridgehead atoms. The minimum atomic E-state index is -1.31. The highest BCUT2D eigenvalue weighted by atomic mass is 32.1. The van der Waals surface area contributed by atoms with Gasteiger partial charge in [-0.05, 0) is 98.0 Å². The van der Waals surface area contributed by atoms with Crippen LogP contribution in [0.2, 0.25) is 0 Å². The molecule has 4 aromatic rings. The number of pyridine rings is 1. The van der Waals surface area contributed by atoms with Crippen molar-refractivity contribution in [3.05, 3.63) is 87.0 Å². The summed E-state index contributed by atoms with van der Waals surface area (Å²) >= 11 is 1.57. The van der Waals surface area contributed by atoms with Gasteiger partial charge in [-0.2, -0.15) is 0 Å². The van der Waals surface area contributed by atoms with Crippen LogP contribution in [0.15, 0.2) is 47.8 Å². The zero-order chi connectivity index (χ0) is 31.2. The van der Waals surface area contributed by atoms with Gasteiger partial charge in [0.15, 0.2) is 5.69 Å². The molecular weight excluding hydrogens is 576 g/mol. The van der Waals surface area contributed by atoms with Crippen LogP contribution in [0.3, 0.4) is 0 Å². The Labute approximate surface area is 259 Å². The molecule has 0 radical (unpaired) electrons. The summed E-state index contributed by atoms with van der Waals surface area (Å²) in [5, 5.41) is 18.3. The van der Waals surface area contributed by atoms with Gasteiger partial charge in [0, 0.05) is 51.3 Å². The van der Waals surface area contributed by atoms with E-state index < -0.39 is 17.8 Å². The zero-order valence-corrected chi connectivity index (χ0v) is 25.7. The minimum absolute atomic E-state index is 0.00533. The Morgan fingerprint density at radius 2 is 1.77 bits per heavy atom. The topological polar surface area (TPSA) is 144 Å². The van der Waals surface area contributed by atoms with E-state index in [9.17, 15) is 19.5 Å². The normalized spacial score (nSPS) is 14.7. The standard InChI is InChI=1S/C34H34N4O5S/c1-18-13-20(17-35)14-19(2)28(18)37-31(39)24-15-25-27(43-11-7-21-8-12-44-30(21)25)16-23(24)22-5-6-26(36-29(22)33(41)42)32(40)38-34(3)9-4-10-34/h5-6,8,12-16H,4,7,9-11,17,35H2,1-3H3,(H,37,39)(H,38,40)(H,41,42). The van der Waals surface area contributed by atoms with Gasteiger partial charge in [-0.15, -0.1) is 11.3 Å². The molecule has 9 nitrogen and oxygen atoms in total. The van der Waals surface area contributed by atoms with Gasteiger partial charge < -0.3 is 26.2 Å². The van der Waals surface area contributed by atoms with Crippen molar-refractivity contribution < 1.29 is 24.2 Å². The van der Waals surface area contributed by atoms with Crippen molar-refractivity contribution >= 4 is 34.8 Å². The molecule has 2 aromatic carbocycles. The average Bonchev–Trinajstić information content (AvgIpc) is 3.38. The van der Waals surface area contributed by atoms with Gasteiger partial charge in [0.1, 0.15) is 11.4 Å². The maximum atomic E-state index is 14.1. The van der Waals surface area contributed by atoms with Crippen LogP contribution in [0.5, 0.6) is 5.75 Å². The van der Waals surface area contributed by atoms with Crippen molar-refractivity contribution in [2.24, 2.45) is 5.73 Å². The third-order valence-electron chi connectivity index (χ3n) is 8.54. The number of nitrogens with two attached hydrogens (primary N) is 1. The number of rotatable bonds is 7. The van der Waals surface area contributed by atoms with Crippen LogP contribution < -0.4 is 21.1 Å². The van der Waals surface area contributed by atoms with E-state index in [1.165, 1.54) is 6.07 Å². The van der Waals surface area contributed by atoms with Crippen molar-refractivity contribution in [1.82, 2.24) is 10.3 Å². The zero-order valence-electron chi connectivity index (χ0n) is 24.9. The smallest absolute Gasteiger partial charge is 0.355 e. The van der Waals surface area contributed by atoms with Crippen molar-refractivity contribution in [1.29, 1.82) is 0 Å². The first kappa shape index (κ1) is 29.5. The number of nitrogens with zero attached hydrogens (tertiary/aromatic N) is 1. The van der Waals surface area contributed by atoms with Crippen LogP contribution in [-0.4, -0.2) is 40.0 Å². The van der Waals surface area contributed by atoms with E-state index in [-0.39, 0.29) is 28.1 Å². The van der Waals surface area contributed by atoms with Crippen LogP contribution in [0, 0.1) is 13.8 Å². The minimum Gasteiger partial charge on any atom is -0.493 e. The molecule has 1 saturated carbocycles. The Kier molecular flexibility index (Phi) is 7.73. The largest absolute Gasteiger partial charge is 0.493 e. The number of fused-ring (bicyclic) bond motifs is 3. The Balaban J connectivity index is 1.48. The molecule has 226 valence electrons. The van der Waals surface area contributed by atoms with Crippen LogP contribution in [-0.2, 0) is 13.0 Å². The molecule has 6 rings (SSSR count). The van der Waals surface area contributed by atoms with Gasteiger partial charge in [0.25, 0.3) is 11.8 Å². The molecule has 2 aliphatic rings. The second kappa shape index (κ2) is 11.5. The fraction of sp³-hybridized carbons (Fsp3) is 0.294. The predicted octanol–water partition coefficient (Wildman–Crippen LogP) is 6.11. The summed E-state index contributed by atoms with van der Waals surface area (Å²) in [5.41, 5.74) is 11.3. The predicted molar refractivity (Wildman–Crippen MR) is 171 cm³/mol. The molecule has 1 fully saturated rings.